The fraction of sp³-hybridized carbons (Fsp3) is 0.619. The molecule has 2 aliphatic carbocycles. The van der Waals surface area contributed by atoms with Gasteiger partial charge in [0, 0.05) is 43.2 Å². The van der Waals surface area contributed by atoms with Gasteiger partial charge in [-0.2, -0.15) is 0 Å². The lowest BCUT2D eigenvalue weighted by Crippen LogP contribution is -2.45. The average molecular weight is 381 g/mol. The van der Waals surface area contributed by atoms with Crippen LogP contribution in [0.25, 0.3) is 11.3 Å². The molecule has 0 bridgehead atoms. The first-order valence-electron chi connectivity index (χ1n) is 10.4. The molecule has 2 aromatic heterocycles. The molecule has 5 rings (SSSR count). The first-order valence-corrected chi connectivity index (χ1v) is 10.4. The summed E-state index contributed by atoms with van der Waals surface area (Å²) in [7, 11) is 0. The van der Waals surface area contributed by atoms with Crippen molar-refractivity contribution in [2.45, 2.75) is 57.9 Å². The number of piperidine rings is 1. The van der Waals surface area contributed by atoms with Crippen molar-refractivity contribution in [1.29, 1.82) is 0 Å². The summed E-state index contributed by atoms with van der Waals surface area (Å²) >= 11 is 0. The second-order valence-corrected chi connectivity index (χ2v) is 8.67. The van der Waals surface area contributed by atoms with E-state index in [0.717, 1.165) is 61.0 Å². The van der Waals surface area contributed by atoms with E-state index in [4.69, 9.17) is 9.51 Å². The van der Waals surface area contributed by atoms with Crippen LogP contribution in [0.2, 0.25) is 0 Å². The van der Waals surface area contributed by atoms with Crippen LogP contribution in [0, 0.1) is 18.8 Å². The van der Waals surface area contributed by atoms with Crippen molar-refractivity contribution in [3.8, 4) is 11.3 Å². The molecule has 1 saturated heterocycles. The monoisotopic (exact) mass is 381 g/mol. The number of amides is 1. The molecule has 7 nitrogen and oxygen atoms in total. The SMILES string of the molecule is Cc1cc(-c2cnc(N3CCC(NC(=O)[C@@H]4C[C@H]4C)CC3)nc2C2CC2)on1. The molecule has 0 spiro atoms. The van der Waals surface area contributed by atoms with Gasteiger partial charge in [0.1, 0.15) is 0 Å². The number of rotatable bonds is 5. The quantitative estimate of drug-likeness (QED) is 0.857. The topological polar surface area (TPSA) is 84.2 Å². The molecule has 7 heteroatoms. The van der Waals surface area contributed by atoms with Gasteiger partial charge in [0.15, 0.2) is 5.76 Å². The number of carbonyl (C=O) groups is 1. The van der Waals surface area contributed by atoms with E-state index in [-0.39, 0.29) is 17.9 Å². The van der Waals surface area contributed by atoms with Crippen molar-refractivity contribution in [2.75, 3.05) is 18.0 Å². The lowest BCUT2D eigenvalue weighted by atomic mass is 10.0. The first kappa shape index (κ1) is 17.6. The van der Waals surface area contributed by atoms with Crippen LogP contribution < -0.4 is 10.2 Å². The van der Waals surface area contributed by atoms with Crippen LogP contribution in [-0.4, -0.2) is 40.2 Å². The highest BCUT2D eigenvalue weighted by Crippen LogP contribution is 2.44. The Balaban J connectivity index is 1.27. The summed E-state index contributed by atoms with van der Waals surface area (Å²) < 4.78 is 5.45. The van der Waals surface area contributed by atoms with Gasteiger partial charge in [-0.1, -0.05) is 12.1 Å². The molecule has 1 amide bonds. The van der Waals surface area contributed by atoms with Crippen LogP contribution in [0.1, 0.15) is 56.3 Å². The molecule has 0 aromatic carbocycles. The molecule has 1 N–H and O–H groups in total. The maximum atomic E-state index is 12.2. The van der Waals surface area contributed by atoms with Crippen molar-refractivity contribution in [3.05, 3.63) is 23.7 Å². The van der Waals surface area contributed by atoms with Crippen molar-refractivity contribution in [1.82, 2.24) is 20.4 Å². The summed E-state index contributed by atoms with van der Waals surface area (Å²) in [5, 5.41) is 7.23. The third kappa shape index (κ3) is 3.50. The summed E-state index contributed by atoms with van der Waals surface area (Å²) in [5.74, 6) is 3.09. The number of carbonyl (C=O) groups excluding carboxylic acids is 1. The van der Waals surface area contributed by atoms with Crippen LogP contribution in [0.15, 0.2) is 16.8 Å². The Labute approximate surface area is 164 Å². The van der Waals surface area contributed by atoms with Gasteiger partial charge in [-0.3, -0.25) is 4.79 Å². The molecular weight excluding hydrogens is 354 g/mol. The molecule has 2 atom stereocenters. The second kappa shape index (κ2) is 6.87. The maximum Gasteiger partial charge on any atom is 0.225 e. The number of aromatic nitrogens is 3. The molecule has 2 saturated carbocycles. The van der Waals surface area contributed by atoms with Crippen LogP contribution in [-0.2, 0) is 4.79 Å². The van der Waals surface area contributed by atoms with Crippen molar-refractivity contribution < 1.29 is 9.32 Å². The fourth-order valence-corrected chi connectivity index (χ4v) is 4.11. The molecule has 3 aliphatic rings. The van der Waals surface area contributed by atoms with Crippen molar-refractivity contribution in [2.24, 2.45) is 11.8 Å². The zero-order valence-corrected chi connectivity index (χ0v) is 16.5. The van der Waals surface area contributed by atoms with E-state index in [0.29, 0.717) is 11.8 Å². The zero-order valence-electron chi connectivity index (χ0n) is 16.5. The summed E-state index contributed by atoms with van der Waals surface area (Å²) in [5.41, 5.74) is 2.91. The normalized spacial score (nSPS) is 25.0. The summed E-state index contributed by atoms with van der Waals surface area (Å²) in [4.78, 5) is 24.0. The van der Waals surface area contributed by atoms with E-state index in [2.05, 4.69) is 27.3 Å². The minimum Gasteiger partial charge on any atom is -0.356 e. The Kier molecular flexibility index (Phi) is 4.33. The van der Waals surface area contributed by atoms with E-state index in [1.165, 1.54) is 12.8 Å². The van der Waals surface area contributed by atoms with E-state index in [9.17, 15) is 4.79 Å². The molecule has 0 unspecified atom stereocenters. The number of nitrogens with one attached hydrogen (secondary N) is 1. The highest BCUT2D eigenvalue weighted by molar-refractivity contribution is 5.81. The molecule has 0 radical (unpaired) electrons. The van der Waals surface area contributed by atoms with Crippen LogP contribution in [0.5, 0.6) is 0 Å². The van der Waals surface area contributed by atoms with E-state index < -0.39 is 0 Å². The lowest BCUT2D eigenvalue weighted by molar-refractivity contribution is -0.123. The lowest BCUT2D eigenvalue weighted by Gasteiger charge is -2.32. The largest absolute Gasteiger partial charge is 0.356 e. The Hall–Kier alpha value is -2.44. The number of hydrogen-bond acceptors (Lipinski definition) is 6. The molecule has 1 aliphatic heterocycles. The fourth-order valence-electron chi connectivity index (χ4n) is 4.11. The third-order valence-corrected chi connectivity index (χ3v) is 6.23. The average Bonchev–Trinajstić information content (AvgIpc) is 3.62. The summed E-state index contributed by atoms with van der Waals surface area (Å²) in [6, 6.07) is 2.22. The highest BCUT2D eigenvalue weighted by Gasteiger charge is 2.40. The Bertz CT molecular complexity index is 883. The molecule has 28 heavy (non-hydrogen) atoms. The van der Waals surface area contributed by atoms with Gasteiger partial charge in [-0.05, 0) is 44.9 Å². The van der Waals surface area contributed by atoms with E-state index in [1.807, 2.05) is 19.2 Å². The standard InChI is InChI=1S/C21H27N5O2/c1-12-9-16(12)20(27)23-15-5-7-26(8-6-15)21-22-11-17(18-10-13(2)25-28-18)19(24-21)14-3-4-14/h10-12,14-16H,3-9H2,1-2H3,(H,23,27)/t12-,16-/m1/s1. The zero-order chi connectivity index (χ0) is 19.3. The van der Waals surface area contributed by atoms with Crippen LogP contribution in [0.3, 0.4) is 0 Å². The summed E-state index contributed by atoms with van der Waals surface area (Å²) in [6.45, 7) is 5.81. The van der Waals surface area contributed by atoms with Gasteiger partial charge < -0.3 is 14.7 Å². The Morgan fingerprint density at radius 1 is 1.25 bits per heavy atom. The minimum atomic E-state index is 0.241. The number of hydrogen-bond donors (Lipinski definition) is 1. The van der Waals surface area contributed by atoms with Gasteiger partial charge >= 0.3 is 0 Å². The number of nitrogens with zero attached hydrogens (tertiary/aromatic N) is 4. The van der Waals surface area contributed by atoms with E-state index >= 15 is 0 Å². The van der Waals surface area contributed by atoms with Crippen LogP contribution in [0.4, 0.5) is 5.95 Å². The van der Waals surface area contributed by atoms with Crippen molar-refractivity contribution in [3.63, 3.8) is 0 Å². The van der Waals surface area contributed by atoms with Gasteiger partial charge in [-0.25, -0.2) is 9.97 Å². The Morgan fingerprint density at radius 2 is 2.00 bits per heavy atom. The predicted molar refractivity (Wildman–Crippen MR) is 105 cm³/mol. The highest BCUT2D eigenvalue weighted by atomic mass is 16.5. The number of aryl methyl sites for hydroxylation is 1. The predicted octanol–water partition coefficient (Wildman–Crippen LogP) is 3.06. The minimum absolute atomic E-state index is 0.241. The molecule has 3 heterocycles. The van der Waals surface area contributed by atoms with Gasteiger partial charge in [-0.15, -0.1) is 0 Å². The third-order valence-electron chi connectivity index (χ3n) is 6.23. The van der Waals surface area contributed by atoms with Crippen molar-refractivity contribution >= 4 is 11.9 Å². The molecule has 2 aromatic rings. The second-order valence-electron chi connectivity index (χ2n) is 8.67. The molecule has 3 fully saturated rings. The smallest absolute Gasteiger partial charge is 0.225 e. The maximum absolute atomic E-state index is 12.2. The number of anilines is 1. The van der Waals surface area contributed by atoms with Gasteiger partial charge in [0.05, 0.1) is 17.0 Å². The Morgan fingerprint density at radius 3 is 2.61 bits per heavy atom. The van der Waals surface area contributed by atoms with Gasteiger partial charge in [0.2, 0.25) is 11.9 Å². The molecule has 148 valence electrons. The van der Waals surface area contributed by atoms with Gasteiger partial charge in [0.25, 0.3) is 0 Å². The van der Waals surface area contributed by atoms with Crippen LogP contribution >= 0.6 is 0 Å². The summed E-state index contributed by atoms with van der Waals surface area (Å²) in [6.07, 6.45) is 7.16. The molecular formula is C21H27N5O2. The first-order chi connectivity index (χ1) is 13.6. The van der Waals surface area contributed by atoms with E-state index in [1.54, 1.807) is 0 Å².